The zero-order valence-corrected chi connectivity index (χ0v) is 22.1. The molecule has 0 spiro atoms. The minimum Gasteiger partial charge on any atom is -0.389 e. The lowest BCUT2D eigenvalue weighted by Gasteiger charge is -2.43. The molecule has 0 aromatic heterocycles. The molecule has 7 heteroatoms. The fraction of sp³-hybridized carbons (Fsp3) is 0.519. The maximum absolute atomic E-state index is 12.7. The Balaban J connectivity index is 0.00000204. The van der Waals surface area contributed by atoms with Crippen molar-refractivity contribution >= 4 is 42.3 Å². The molecule has 1 aliphatic heterocycles. The molecule has 2 fully saturated rings. The fourth-order valence-electron chi connectivity index (χ4n) is 5.31. The van der Waals surface area contributed by atoms with Crippen molar-refractivity contribution in [3.05, 3.63) is 70.7 Å². The first-order valence-electron chi connectivity index (χ1n) is 12.1. The van der Waals surface area contributed by atoms with Gasteiger partial charge in [0.25, 0.3) is 0 Å². The van der Waals surface area contributed by atoms with E-state index in [4.69, 9.17) is 11.6 Å². The van der Waals surface area contributed by atoms with Gasteiger partial charge in [0, 0.05) is 50.1 Å². The van der Waals surface area contributed by atoms with E-state index in [0.717, 1.165) is 75.4 Å². The van der Waals surface area contributed by atoms with Crippen molar-refractivity contribution < 1.29 is 9.90 Å². The normalized spacial score (nSPS) is 18.9. The first-order chi connectivity index (χ1) is 15.5. The minimum absolute atomic E-state index is 0. The number of benzene rings is 2. The summed E-state index contributed by atoms with van der Waals surface area (Å²) in [5.41, 5.74) is 1.67. The van der Waals surface area contributed by atoms with E-state index in [9.17, 15) is 9.90 Å². The molecule has 188 valence electrons. The van der Waals surface area contributed by atoms with E-state index in [0.29, 0.717) is 6.42 Å². The van der Waals surface area contributed by atoms with E-state index in [2.05, 4.69) is 23.1 Å². The molecular formula is C27H37Cl3N2O2. The number of nitrogens with zero attached hydrogens (tertiary/aromatic N) is 2. The van der Waals surface area contributed by atoms with Crippen molar-refractivity contribution in [2.24, 2.45) is 0 Å². The fourth-order valence-corrected chi connectivity index (χ4v) is 5.51. The third-order valence-electron chi connectivity index (χ3n) is 7.26. The van der Waals surface area contributed by atoms with Gasteiger partial charge >= 0.3 is 0 Å². The lowest BCUT2D eigenvalue weighted by atomic mass is 9.72. The van der Waals surface area contributed by atoms with Crippen molar-refractivity contribution in [3.63, 3.8) is 0 Å². The Morgan fingerprint density at radius 3 is 2.26 bits per heavy atom. The number of hydrogen-bond donors (Lipinski definition) is 1. The van der Waals surface area contributed by atoms with Crippen LogP contribution in [0.5, 0.6) is 0 Å². The standard InChI is InChI=1S/C27H35ClN2O2.2ClH/c28-24-11-7-10-23(20-24)25(27(32)14-5-2-6-15-27)21-29-16-18-30(19-17-29)26(31)13-12-22-8-3-1-4-9-22;;/h1,3-4,7-11,20,25,32H,2,5-6,12-19,21H2;2*1H. The third kappa shape index (κ3) is 7.60. The molecule has 2 aliphatic rings. The van der Waals surface area contributed by atoms with Crippen LogP contribution in [0.1, 0.15) is 55.6 Å². The maximum Gasteiger partial charge on any atom is 0.222 e. The molecule has 1 saturated heterocycles. The lowest BCUT2D eigenvalue weighted by molar-refractivity contribution is -0.133. The third-order valence-corrected chi connectivity index (χ3v) is 7.49. The van der Waals surface area contributed by atoms with Crippen LogP contribution >= 0.6 is 36.4 Å². The van der Waals surface area contributed by atoms with Crippen LogP contribution in [-0.2, 0) is 11.2 Å². The van der Waals surface area contributed by atoms with Gasteiger partial charge in [0.05, 0.1) is 5.60 Å². The van der Waals surface area contributed by atoms with Gasteiger partial charge in [0.1, 0.15) is 0 Å². The number of rotatable bonds is 7. The second kappa shape index (κ2) is 13.7. The van der Waals surface area contributed by atoms with Crippen molar-refractivity contribution in [3.8, 4) is 0 Å². The zero-order chi connectivity index (χ0) is 22.4. The monoisotopic (exact) mass is 526 g/mol. The molecule has 1 saturated carbocycles. The highest BCUT2D eigenvalue weighted by molar-refractivity contribution is 6.30. The van der Waals surface area contributed by atoms with E-state index in [1.165, 1.54) is 12.0 Å². The van der Waals surface area contributed by atoms with Crippen molar-refractivity contribution in [1.82, 2.24) is 9.80 Å². The van der Waals surface area contributed by atoms with Crippen LogP contribution in [0.4, 0.5) is 0 Å². The molecule has 1 N–H and O–H groups in total. The molecular weight excluding hydrogens is 491 g/mol. The predicted octanol–water partition coefficient (Wildman–Crippen LogP) is 5.74. The molecule has 34 heavy (non-hydrogen) atoms. The Kier molecular flexibility index (Phi) is 11.7. The summed E-state index contributed by atoms with van der Waals surface area (Å²) in [5, 5.41) is 12.3. The summed E-state index contributed by atoms with van der Waals surface area (Å²) in [6.07, 6.45) is 6.42. The number of hydrogen-bond acceptors (Lipinski definition) is 3. The number of aliphatic hydroxyl groups is 1. The van der Waals surface area contributed by atoms with Crippen molar-refractivity contribution in [2.45, 2.75) is 56.5 Å². The Morgan fingerprint density at radius 1 is 0.941 bits per heavy atom. The molecule has 1 unspecified atom stereocenters. The number of aryl methyl sites for hydroxylation is 1. The summed E-state index contributed by atoms with van der Waals surface area (Å²) in [7, 11) is 0. The van der Waals surface area contributed by atoms with Gasteiger partial charge in [-0.1, -0.05) is 73.3 Å². The summed E-state index contributed by atoms with van der Waals surface area (Å²) in [5.74, 6) is 0.285. The van der Waals surface area contributed by atoms with Gasteiger partial charge in [-0.3, -0.25) is 9.69 Å². The molecule has 4 nitrogen and oxygen atoms in total. The Labute approximate surface area is 221 Å². The summed E-state index contributed by atoms with van der Waals surface area (Å²) in [6.45, 7) is 4.03. The molecule has 1 atom stereocenters. The van der Waals surface area contributed by atoms with Gasteiger partial charge in [0.15, 0.2) is 0 Å². The van der Waals surface area contributed by atoms with Crippen LogP contribution in [0.15, 0.2) is 54.6 Å². The highest BCUT2D eigenvalue weighted by Crippen LogP contribution is 2.41. The van der Waals surface area contributed by atoms with Gasteiger partial charge in [0.2, 0.25) is 5.91 Å². The molecule has 2 aromatic carbocycles. The SMILES string of the molecule is Cl.Cl.O=C(CCc1ccccc1)N1CCN(CC(c2cccc(Cl)c2)C2(O)CCCCC2)CC1. The van der Waals surface area contributed by atoms with Crippen LogP contribution < -0.4 is 0 Å². The second-order valence-electron chi connectivity index (χ2n) is 9.44. The molecule has 0 bridgehead atoms. The predicted molar refractivity (Wildman–Crippen MR) is 145 cm³/mol. The van der Waals surface area contributed by atoms with Crippen LogP contribution in [-0.4, -0.2) is 59.1 Å². The molecule has 0 radical (unpaired) electrons. The topological polar surface area (TPSA) is 43.8 Å². The quantitative estimate of drug-likeness (QED) is 0.499. The maximum atomic E-state index is 12.7. The second-order valence-corrected chi connectivity index (χ2v) is 9.88. The molecule has 1 heterocycles. The van der Waals surface area contributed by atoms with Crippen LogP contribution in [0, 0.1) is 0 Å². The zero-order valence-electron chi connectivity index (χ0n) is 19.7. The van der Waals surface area contributed by atoms with Crippen LogP contribution in [0.25, 0.3) is 0 Å². The Hall–Kier alpha value is -1.30. The smallest absolute Gasteiger partial charge is 0.222 e. The van der Waals surface area contributed by atoms with E-state index < -0.39 is 5.60 Å². The van der Waals surface area contributed by atoms with Crippen LogP contribution in [0.2, 0.25) is 5.02 Å². The van der Waals surface area contributed by atoms with Gasteiger partial charge in [-0.05, 0) is 42.5 Å². The average Bonchev–Trinajstić information content (AvgIpc) is 2.82. The van der Waals surface area contributed by atoms with E-state index in [-0.39, 0.29) is 36.6 Å². The van der Waals surface area contributed by atoms with E-state index in [1.54, 1.807) is 0 Å². The number of piperazine rings is 1. The summed E-state index contributed by atoms with van der Waals surface area (Å²) >= 11 is 6.30. The van der Waals surface area contributed by atoms with Gasteiger partial charge in [-0.2, -0.15) is 0 Å². The summed E-state index contributed by atoms with van der Waals surface area (Å²) < 4.78 is 0. The lowest BCUT2D eigenvalue weighted by Crippen LogP contribution is -2.52. The number of carbonyl (C=O) groups excluding carboxylic acids is 1. The van der Waals surface area contributed by atoms with E-state index >= 15 is 0 Å². The highest BCUT2D eigenvalue weighted by atomic mass is 35.5. The first kappa shape index (κ1) is 28.9. The Morgan fingerprint density at radius 2 is 1.62 bits per heavy atom. The van der Waals surface area contributed by atoms with E-state index in [1.807, 2.05) is 41.3 Å². The Bertz CT molecular complexity index is 882. The van der Waals surface area contributed by atoms with Crippen molar-refractivity contribution in [1.29, 1.82) is 0 Å². The highest BCUT2D eigenvalue weighted by Gasteiger charge is 2.40. The molecule has 2 aromatic rings. The average molecular weight is 528 g/mol. The molecule has 4 rings (SSSR count). The van der Waals surface area contributed by atoms with Gasteiger partial charge in [-0.15, -0.1) is 24.8 Å². The van der Waals surface area contributed by atoms with Crippen LogP contribution in [0.3, 0.4) is 0 Å². The molecule has 1 aliphatic carbocycles. The first-order valence-corrected chi connectivity index (χ1v) is 12.4. The molecule has 1 amide bonds. The van der Waals surface area contributed by atoms with Gasteiger partial charge in [-0.25, -0.2) is 0 Å². The number of halogens is 3. The minimum atomic E-state index is -0.675. The number of carbonyl (C=O) groups is 1. The number of amides is 1. The summed E-state index contributed by atoms with van der Waals surface area (Å²) in [4.78, 5) is 17.1. The largest absolute Gasteiger partial charge is 0.389 e. The van der Waals surface area contributed by atoms with Gasteiger partial charge < -0.3 is 10.0 Å². The van der Waals surface area contributed by atoms with Crippen molar-refractivity contribution in [2.75, 3.05) is 32.7 Å². The summed E-state index contributed by atoms with van der Waals surface area (Å²) in [6, 6.07) is 18.2.